The molecule has 1 atom stereocenters. The SMILES string of the molecule is COc1ccc(-n2nnc(C(=O)N(Cc3cccs3)CC3CCCO3)c2C)cc1. The number of thiophene rings is 1. The van der Waals surface area contributed by atoms with Gasteiger partial charge >= 0.3 is 0 Å². The van der Waals surface area contributed by atoms with E-state index >= 15 is 0 Å². The first kappa shape index (κ1) is 19.6. The van der Waals surface area contributed by atoms with E-state index in [-0.39, 0.29) is 12.0 Å². The molecule has 1 aliphatic heterocycles. The van der Waals surface area contributed by atoms with Gasteiger partial charge in [-0.1, -0.05) is 11.3 Å². The fourth-order valence-corrected chi connectivity index (χ4v) is 4.21. The summed E-state index contributed by atoms with van der Waals surface area (Å²) in [5.74, 6) is 0.646. The van der Waals surface area contributed by atoms with Crippen LogP contribution in [0.25, 0.3) is 5.69 Å². The molecular formula is C21H24N4O3S. The van der Waals surface area contributed by atoms with Crippen molar-refractivity contribution in [1.82, 2.24) is 19.9 Å². The number of rotatable bonds is 7. The fourth-order valence-electron chi connectivity index (χ4n) is 3.49. The van der Waals surface area contributed by atoms with E-state index in [2.05, 4.69) is 10.3 Å². The van der Waals surface area contributed by atoms with E-state index in [4.69, 9.17) is 9.47 Å². The Hall–Kier alpha value is -2.71. The lowest BCUT2D eigenvalue weighted by molar-refractivity contribution is 0.0504. The lowest BCUT2D eigenvalue weighted by Gasteiger charge is -2.24. The van der Waals surface area contributed by atoms with Crippen LogP contribution in [0.5, 0.6) is 5.75 Å². The van der Waals surface area contributed by atoms with Crippen molar-refractivity contribution >= 4 is 17.2 Å². The highest BCUT2D eigenvalue weighted by Crippen LogP contribution is 2.21. The molecule has 2 aromatic heterocycles. The minimum atomic E-state index is -0.119. The normalized spacial score (nSPS) is 16.1. The first-order chi connectivity index (χ1) is 14.2. The second-order valence-corrected chi connectivity index (χ2v) is 8.07. The van der Waals surface area contributed by atoms with E-state index in [1.165, 1.54) is 0 Å². The van der Waals surface area contributed by atoms with Crippen LogP contribution >= 0.6 is 11.3 Å². The zero-order valence-electron chi connectivity index (χ0n) is 16.6. The summed E-state index contributed by atoms with van der Waals surface area (Å²) in [6.07, 6.45) is 2.10. The Balaban J connectivity index is 1.58. The number of ether oxygens (including phenoxy) is 2. The summed E-state index contributed by atoms with van der Waals surface area (Å²) in [5.41, 5.74) is 1.91. The van der Waals surface area contributed by atoms with E-state index in [0.29, 0.717) is 24.5 Å². The molecular weight excluding hydrogens is 388 g/mol. The van der Waals surface area contributed by atoms with Crippen molar-refractivity contribution in [2.75, 3.05) is 20.3 Å². The van der Waals surface area contributed by atoms with Crippen LogP contribution in [0.15, 0.2) is 41.8 Å². The molecule has 1 saturated heterocycles. The zero-order chi connectivity index (χ0) is 20.2. The molecule has 3 heterocycles. The molecule has 4 rings (SSSR count). The van der Waals surface area contributed by atoms with Crippen LogP contribution in [0.1, 0.15) is 33.9 Å². The monoisotopic (exact) mass is 412 g/mol. The maximum absolute atomic E-state index is 13.4. The highest BCUT2D eigenvalue weighted by Gasteiger charge is 2.27. The van der Waals surface area contributed by atoms with Crippen molar-refractivity contribution < 1.29 is 14.3 Å². The Morgan fingerprint density at radius 1 is 1.34 bits per heavy atom. The number of carbonyl (C=O) groups excluding carboxylic acids is 1. The molecule has 1 aromatic carbocycles. The summed E-state index contributed by atoms with van der Waals surface area (Å²) in [6.45, 7) is 3.74. The predicted molar refractivity (Wildman–Crippen MR) is 111 cm³/mol. The number of amides is 1. The van der Waals surface area contributed by atoms with Crippen LogP contribution in [0.2, 0.25) is 0 Å². The third-order valence-electron chi connectivity index (χ3n) is 5.08. The van der Waals surface area contributed by atoms with Gasteiger partial charge in [-0.2, -0.15) is 0 Å². The summed E-state index contributed by atoms with van der Waals surface area (Å²) in [6, 6.07) is 11.5. The average molecular weight is 413 g/mol. The first-order valence-corrected chi connectivity index (χ1v) is 10.5. The van der Waals surface area contributed by atoms with Crippen molar-refractivity contribution in [2.24, 2.45) is 0 Å². The second kappa shape index (κ2) is 8.75. The van der Waals surface area contributed by atoms with E-state index in [0.717, 1.165) is 35.8 Å². The summed E-state index contributed by atoms with van der Waals surface area (Å²) in [4.78, 5) is 16.3. The molecule has 1 aliphatic rings. The first-order valence-electron chi connectivity index (χ1n) is 9.65. The molecule has 8 heteroatoms. The Labute approximate surface area is 173 Å². The van der Waals surface area contributed by atoms with Crippen molar-refractivity contribution in [3.63, 3.8) is 0 Å². The zero-order valence-corrected chi connectivity index (χ0v) is 17.4. The quantitative estimate of drug-likeness (QED) is 0.594. The number of hydrogen-bond donors (Lipinski definition) is 0. The molecule has 0 saturated carbocycles. The molecule has 29 heavy (non-hydrogen) atoms. The average Bonchev–Trinajstić information content (AvgIpc) is 3.50. The maximum atomic E-state index is 13.4. The molecule has 1 fully saturated rings. The van der Waals surface area contributed by atoms with Gasteiger partial charge in [-0.25, -0.2) is 4.68 Å². The van der Waals surface area contributed by atoms with Crippen molar-refractivity contribution in [3.8, 4) is 11.4 Å². The molecule has 0 aliphatic carbocycles. The smallest absolute Gasteiger partial charge is 0.276 e. The van der Waals surface area contributed by atoms with E-state index in [1.54, 1.807) is 23.1 Å². The van der Waals surface area contributed by atoms with Crippen LogP contribution in [0.3, 0.4) is 0 Å². The largest absolute Gasteiger partial charge is 0.497 e. The molecule has 0 N–H and O–H groups in total. The van der Waals surface area contributed by atoms with E-state index in [1.807, 2.05) is 53.6 Å². The Bertz CT molecular complexity index is 947. The van der Waals surface area contributed by atoms with Gasteiger partial charge in [-0.15, -0.1) is 16.4 Å². The van der Waals surface area contributed by atoms with Crippen molar-refractivity contribution in [2.45, 2.75) is 32.4 Å². The van der Waals surface area contributed by atoms with Gasteiger partial charge in [-0.3, -0.25) is 4.79 Å². The minimum absolute atomic E-state index is 0.0795. The topological polar surface area (TPSA) is 69.5 Å². The Morgan fingerprint density at radius 3 is 2.83 bits per heavy atom. The lowest BCUT2D eigenvalue weighted by atomic mass is 10.2. The number of aromatic nitrogens is 3. The van der Waals surface area contributed by atoms with E-state index in [9.17, 15) is 4.79 Å². The molecule has 0 bridgehead atoms. The molecule has 1 amide bonds. The van der Waals surface area contributed by atoms with Crippen LogP contribution in [0, 0.1) is 6.92 Å². The van der Waals surface area contributed by atoms with Gasteiger partial charge in [0.1, 0.15) is 5.75 Å². The Kier molecular flexibility index (Phi) is 5.92. The van der Waals surface area contributed by atoms with Crippen molar-refractivity contribution in [3.05, 3.63) is 58.0 Å². The van der Waals surface area contributed by atoms with Crippen LogP contribution in [-0.2, 0) is 11.3 Å². The Morgan fingerprint density at radius 2 is 2.17 bits per heavy atom. The fraction of sp³-hybridized carbons (Fsp3) is 0.381. The number of methoxy groups -OCH3 is 1. The van der Waals surface area contributed by atoms with E-state index < -0.39 is 0 Å². The maximum Gasteiger partial charge on any atom is 0.276 e. The predicted octanol–water partition coefficient (Wildman–Crippen LogP) is 3.47. The van der Waals surface area contributed by atoms with Gasteiger partial charge in [0, 0.05) is 18.0 Å². The molecule has 1 unspecified atom stereocenters. The van der Waals surface area contributed by atoms with Gasteiger partial charge in [-0.05, 0) is 55.5 Å². The molecule has 3 aromatic rings. The molecule has 0 spiro atoms. The van der Waals surface area contributed by atoms with Crippen LogP contribution in [0.4, 0.5) is 0 Å². The van der Waals surface area contributed by atoms with Crippen molar-refractivity contribution in [1.29, 1.82) is 0 Å². The second-order valence-electron chi connectivity index (χ2n) is 7.03. The molecule has 7 nitrogen and oxygen atoms in total. The number of hydrogen-bond acceptors (Lipinski definition) is 6. The molecule has 152 valence electrons. The van der Waals surface area contributed by atoms with Gasteiger partial charge in [0.15, 0.2) is 5.69 Å². The molecule has 0 radical (unpaired) electrons. The van der Waals surface area contributed by atoms with Gasteiger partial charge in [0.25, 0.3) is 5.91 Å². The summed E-state index contributed by atoms with van der Waals surface area (Å²) in [7, 11) is 1.63. The highest BCUT2D eigenvalue weighted by atomic mass is 32.1. The summed E-state index contributed by atoms with van der Waals surface area (Å²) in [5, 5.41) is 10.5. The van der Waals surface area contributed by atoms with Crippen LogP contribution < -0.4 is 4.74 Å². The standard InChI is InChI=1S/C21H24N4O3S/c1-15-20(22-23-25(15)16-7-9-17(27-2)10-8-16)21(26)24(13-18-5-3-11-28-18)14-19-6-4-12-29-19/h4,6-10,12,18H,3,5,11,13-14H2,1-2H3. The number of carbonyl (C=O) groups is 1. The lowest BCUT2D eigenvalue weighted by Crippen LogP contribution is -2.37. The summed E-state index contributed by atoms with van der Waals surface area (Å²) >= 11 is 1.64. The minimum Gasteiger partial charge on any atom is -0.497 e. The van der Waals surface area contributed by atoms with Gasteiger partial charge < -0.3 is 14.4 Å². The number of nitrogens with zero attached hydrogens (tertiary/aromatic N) is 4. The number of benzene rings is 1. The van der Waals surface area contributed by atoms with Gasteiger partial charge in [0.2, 0.25) is 0 Å². The highest BCUT2D eigenvalue weighted by molar-refractivity contribution is 7.09. The third-order valence-corrected chi connectivity index (χ3v) is 5.94. The van der Waals surface area contributed by atoms with Crippen LogP contribution in [-0.4, -0.2) is 52.2 Å². The summed E-state index contributed by atoms with van der Waals surface area (Å²) < 4.78 is 12.7. The van der Waals surface area contributed by atoms with Gasteiger partial charge in [0.05, 0.1) is 31.1 Å². The third kappa shape index (κ3) is 4.33.